The van der Waals surface area contributed by atoms with Crippen molar-refractivity contribution in [1.29, 1.82) is 0 Å². The van der Waals surface area contributed by atoms with E-state index in [4.69, 9.17) is 18.9 Å². The minimum atomic E-state index is -2.54. The zero-order valence-corrected chi connectivity index (χ0v) is 17.8. The quantitative estimate of drug-likeness (QED) is 0.520. The van der Waals surface area contributed by atoms with Gasteiger partial charge in [-0.3, -0.25) is 4.79 Å². The number of carbonyl (C=O) groups is 2. The maximum absolute atomic E-state index is 13.0. The van der Waals surface area contributed by atoms with Crippen molar-refractivity contribution in [3.63, 3.8) is 0 Å². The first-order chi connectivity index (χ1) is 14.4. The van der Waals surface area contributed by atoms with Gasteiger partial charge in [0.05, 0.1) is 13.7 Å². The average molecular weight is 424 g/mol. The SMILES string of the molecule is CCCCC(CC)COC(=O)C(O)(C1OCC(=O)CO1)C(O)c1ccc(OC)cc1. The molecule has 0 bridgehead atoms. The molecule has 2 N–H and O–H groups in total. The lowest BCUT2D eigenvalue weighted by atomic mass is 9.89. The molecule has 1 aliphatic heterocycles. The lowest BCUT2D eigenvalue weighted by Gasteiger charge is -2.38. The van der Waals surface area contributed by atoms with E-state index in [9.17, 15) is 19.8 Å². The fraction of sp³-hybridized carbons (Fsp3) is 0.636. The van der Waals surface area contributed by atoms with E-state index in [1.165, 1.54) is 19.2 Å². The van der Waals surface area contributed by atoms with E-state index < -0.39 is 24.0 Å². The fourth-order valence-electron chi connectivity index (χ4n) is 3.27. The zero-order valence-electron chi connectivity index (χ0n) is 17.8. The number of ether oxygens (including phenoxy) is 4. The summed E-state index contributed by atoms with van der Waals surface area (Å²) in [6.07, 6.45) is 0.497. The van der Waals surface area contributed by atoms with Crippen LogP contribution in [0.2, 0.25) is 0 Å². The van der Waals surface area contributed by atoms with Crippen molar-refractivity contribution in [3.8, 4) is 5.75 Å². The van der Waals surface area contributed by atoms with Crippen LogP contribution in [-0.4, -0.2) is 60.8 Å². The number of rotatable bonds is 11. The Bertz CT molecular complexity index is 679. The highest BCUT2D eigenvalue weighted by molar-refractivity contribution is 5.83. The van der Waals surface area contributed by atoms with Gasteiger partial charge in [0, 0.05) is 0 Å². The van der Waals surface area contributed by atoms with E-state index in [0.717, 1.165) is 25.7 Å². The molecule has 0 saturated carbocycles. The number of aliphatic hydroxyl groups is 2. The molecule has 3 atom stereocenters. The summed E-state index contributed by atoms with van der Waals surface area (Å²) in [6.45, 7) is 3.54. The molecule has 1 aromatic carbocycles. The van der Waals surface area contributed by atoms with Crippen LogP contribution in [0.15, 0.2) is 24.3 Å². The fourth-order valence-corrected chi connectivity index (χ4v) is 3.27. The Morgan fingerprint density at radius 1 is 1.23 bits per heavy atom. The highest BCUT2D eigenvalue weighted by Gasteiger charge is 2.55. The number of hydrogen-bond acceptors (Lipinski definition) is 8. The third-order valence-corrected chi connectivity index (χ3v) is 5.32. The average Bonchev–Trinajstić information content (AvgIpc) is 2.78. The number of aliphatic hydroxyl groups excluding tert-OH is 1. The van der Waals surface area contributed by atoms with Crippen LogP contribution in [0.5, 0.6) is 5.75 Å². The molecule has 2 rings (SSSR count). The van der Waals surface area contributed by atoms with Gasteiger partial charge in [0.25, 0.3) is 0 Å². The molecule has 1 saturated heterocycles. The number of ketones is 1. The van der Waals surface area contributed by atoms with Crippen molar-refractivity contribution in [1.82, 2.24) is 0 Å². The molecule has 1 fully saturated rings. The predicted molar refractivity (Wildman–Crippen MR) is 108 cm³/mol. The predicted octanol–water partition coefficient (Wildman–Crippen LogP) is 2.16. The molecule has 168 valence electrons. The van der Waals surface area contributed by atoms with Crippen molar-refractivity contribution in [2.24, 2.45) is 5.92 Å². The molecule has 0 spiro atoms. The topological polar surface area (TPSA) is 112 Å². The first kappa shape index (κ1) is 24.3. The normalized spacial score (nSPS) is 19.0. The smallest absolute Gasteiger partial charge is 0.346 e. The van der Waals surface area contributed by atoms with Crippen LogP contribution in [0.25, 0.3) is 0 Å². The summed E-state index contributed by atoms with van der Waals surface area (Å²) < 4.78 is 21.0. The minimum Gasteiger partial charge on any atom is -0.497 e. The van der Waals surface area contributed by atoms with Gasteiger partial charge < -0.3 is 29.2 Å². The van der Waals surface area contributed by atoms with Crippen molar-refractivity contribution >= 4 is 11.8 Å². The van der Waals surface area contributed by atoms with Crippen molar-refractivity contribution in [2.75, 3.05) is 26.9 Å². The van der Waals surface area contributed by atoms with Gasteiger partial charge in [-0.25, -0.2) is 4.79 Å². The van der Waals surface area contributed by atoms with Gasteiger partial charge in [0.15, 0.2) is 5.78 Å². The summed E-state index contributed by atoms with van der Waals surface area (Å²) in [5.41, 5.74) is -2.30. The Morgan fingerprint density at radius 3 is 2.40 bits per heavy atom. The number of methoxy groups -OCH3 is 1. The molecule has 1 aliphatic rings. The van der Waals surface area contributed by atoms with Crippen LogP contribution in [0.1, 0.15) is 51.2 Å². The highest BCUT2D eigenvalue weighted by Crippen LogP contribution is 2.34. The molecule has 3 unspecified atom stereocenters. The Balaban J connectivity index is 2.23. The van der Waals surface area contributed by atoms with Gasteiger partial charge in [-0.15, -0.1) is 0 Å². The molecule has 0 aromatic heterocycles. The summed E-state index contributed by atoms with van der Waals surface area (Å²) in [5, 5.41) is 22.2. The first-order valence-electron chi connectivity index (χ1n) is 10.3. The second kappa shape index (κ2) is 11.4. The second-order valence-corrected chi connectivity index (χ2v) is 7.51. The number of carbonyl (C=O) groups excluding carboxylic acids is 2. The number of hydrogen-bond donors (Lipinski definition) is 2. The van der Waals surface area contributed by atoms with Crippen LogP contribution in [0, 0.1) is 5.92 Å². The molecule has 0 aliphatic carbocycles. The Morgan fingerprint density at radius 2 is 1.87 bits per heavy atom. The van der Waals surface area contributed by atoms with Gasteiger partial charge in [0.2, 0.25) is 11.9 Å². The van der Waals surface area contributed by atoms with Gasteiger partial charge in [-0.2, -0.15) is 0 Å². The lowest BCUT2D eigenvalue weighted by Crippen LogP contribution is -2.59. The van der Waals surface area contributed by atoms with E-state index >= 15 is 0 Å². The van der Waals surface area contributed by atoms with E-state index in [2.05, 4.69) is 6.92 Å². The summed E-state index contributed by atoms with van der Waals surface area (Å²) in [4.78, 5) is 24.4. The third kappa shape index (κ3) is 5.78. The van der Waals surface area contributed by atoms with Crippen molar-refractivity contribution in [3.05, 3.63) is 29.8 Å². The number of benzene rings is 1. The van der Waals surface area contributed by atoms with Crippen LogP contribution in [0.4, 0.5) is 0 Å². The summed E-state index contributed by atoms with van der Waals surface area (Å²) in [7, 11) is 1.50. The first-order valence-corrected chi connectivity index (χ1v) is 10.3. The molecule has 0 radical (unpaired) electrons. The van der Waals surface area contributed by atoms with Crippen LogP contribution < -0.4 is 4.74 Å². The summed E-state index contributed by atoms with van der Waals surface area (Å²) >= 11 is 0. The third-order valence-electron chi connectivity index (χ3n) is 5.32. The largest absolute Gasteiger partial charge is 0.497 e. The standard InChI is InChI=1S/C22H32O8/c1-4-6-7-15(5-2)12-28-20(25)22(26,21-29-13-17(23)14-30-21)19(24)16-8-10-18(27-3)11-9-16/h8-11,15,19,21,24,26H,4-7,12-14H2,1-3H3. The maximum Gasteiger partial charge on any atom is 0.346 e. The monoisotopic (exact) mass is 424 g/mol. The van der Waals surface area contributed by atoms with Gasteiger partial charge >= 0.3 is 5.97 Å². The molecular formula is C22H32O8. The van der Waals surface area contributed by atoms with E-state index in [0.29, 0.717) is 5.75 Å². The van der Waals surface area contributed by atoms with Crippen LogP contribution >= 0.6 is 0 Å². The van der Waals surface area contributed by atoms with Crippen LogP contribution in [0.3, 0.4) is 0 Å². The molecule has 30 heavy (non-hydrogen) atoms. The Labute approximate surface area is 177 Å². The number of esters is 1. The highest BCUT2D eigenvalue weighted by atomic mass is 16.7. The molecule has 1 aromatic rings. The molecule has 8 heteroatoms. The molecule has 1 heterocycles. The van der Waals surface area contributed by atoms with E-state index in [-0.39, 0.29) is 37.1 Å². The number of Topliss-reactive ketones (excluding diaryl/α,β-unsaturated/α-hetero) is 1. The van der Waals surface area contributed by atoms with Gasteiger partial charge in [-0.05, 0) is 30.0 Å². The minimum absolute atomic E-state index is 0.110. The van der Waals surface area contributed by atoms with E-state index in [1.807, 2.05) is 6.92 Å². The Hall–Kier alpha value is -2.00. The summed E-state index contributed by atoms with van der Waals surface area (Å²) in [5.74, 6) is -0.688. The van der Waals surface area contributed by atoms with E-state index in [1.54, 1.807) is 12.1 Å². The zero-order chi connectivity index (χ0) is 22.1. The van der Waals surface area contributed by atoms with Crippen molar-refractivity contribution < 1.29 is 38.7 Å². The number of unbranched alkanes of at least 4 members (excludes halogenated alkanes) is 1. The molecular weight excluding hydrogens is 392 g/mol. The lowest BCUT2D eigenvalue weighted by molar-refractivity contribution is -0.277. The molecule has 8 nitrogen and oxygen atoms in total. The van der Waals surface area contributed by atoms with Crippen molar-refractivity contribution in [2.45, 2.75) is 57.5 Å². The van der Waals surface area contributed by atoms with Gasteiger partial charge in [-0.1, -0.05) is 45.2 Å². The van der Waals surface area contributed by atoms with Gasteiger partial charge in [0.1, 0.15) is 25.1 Å². The second-order valence-electron chi connectivity index (χ2n) is 7.51. The molecule has 0 amide bonds. The Kier molecular flexibility index (Phi) is 9.23. The maximum atomic E-state index is 13.0. The van der Waals surface area contributed by atoms with Crippen LogP contribution in [-0.2, 0) is 23.8 Å². The summed E-state index contributed by atoms with van der Waals surface area (Å²) in [6, 6.07) is 6.22.